The molecule has 3 aromatic rings. The molecule has 35 heavy (non-hydrogen) atoms. The minimum Gasteiger partial charge on any atom is -0.493 e. The fraction of sp³-hybridized carbons (Fsp3) is 0.125. The number of hydrogen-bond acceptors (Lipinski definition) is 8. The molecule has 0 aliphatic heterocycles. The SMILES string of the molecule is COC(=O)c1ccc(NC(=O)c2ccc(OC)c(OC)c2)c(NC(=O)c2ccc(C(N)=S)cc2)n1. The standard InChI is InChI=1S/C24H22N4O6S/c1-32-18-11-8-15(12-19(18)33-2)23(30)27-16-9-10-17(24(31)34-3)26-21(16)28-22(29)14-6-4-13(5-7-14)20(25)35/h4-12H,1-3H3,(H2,25,35)(H,27,30)(H,26,28,29). The van der Waals surface area contributed by atoms with Crippen molar-refractivity contribution >= 4 is 46.5 Å². The summed E-state index contributed by atoms with van der Waals surface area (Å²) in [6.45, 7) is 0. The predicted octanol–water partition coefficient (Wildman–Crippen LogP) is 3.02. The summed E-state index contributed by atoms with van der Waals surface area (Å²) in [6, 6.07) is 13.7. The lowest BCUT2D eigenvalue weighted by atomic mass is 10.1. The number of carbonyl (C=O) groups is 3. The van der Waals surface area contributed by atoms with Crippen molar-refractivity contribution in [2.45, 2.75) is 0 Å². The summed E-state index contributed by atoms with van der Waals surface area (Å²) >= 11 is 4.92. The Bertz CT molecular complexity index is 1290. The van der Waals surface area contributed by atoms with Crippen molar-refractivity contribution in [3.63, 3.8) is 0 Å². The molecule has 0 aliphatic carbocycles. The Morgan fingerprint density at radius 2 is 1.40 bits per heavy atom. The van der Waals surface area contributed by atoms with Crippen LogP contribution in [-0.4, -0.2) is 49.1 Å². The average molecular weight is 495 g/mol. The minimum atomic E-state index is -0.709. The largest absolute Gasteiger partial charge is 0.493 e. The van der Waals surface area contributed by atoms with Crippen molar-refractivity contribution < 1.29 is 28.6 Å². The molecule has 0 fully saturated rings. The van der Waals surface area contributed by atoms with Gasteiger partial charge in [0.1, 0.15) is 4.99 Å². The smallest absolute Gasteiger partial charge is 0.356 e. The molecule has 2 aromatic carbocycles. The van der Waals surface area contributed by atoms with Gasteiger partial charge < -0.3 is 30.6 Å². The molecule has 11 heteroatoms. The van der Waals surface area contributed by atoms with Crippen molar-refractivity contribution in [2.75, 3.05) is 32.0 Å². The van der Waals surface area contributed by atoms with Crippen molar-refractivity contribution in [1.82, 2.24) is 4.98 Å². The number of benzene rings is 2. The lowest BCUT2D eigenvalue weighted by Crippen LogP contribution is -2.19. The third kappa shape index (κ3) is 5.89. The summed E-state index contributed by atoms with van der Waals surface area (Å²) < 4.78 is 15.1. The molecule has 2 amide bonds. The van der Waals surface area contributed by atoms with E-state index in [0.717, 1.165) is 0 Å². The maximum atomic E-state index is 12.9. The summed E-state index contributed by atoms with van der Waals surface area (Å²) in [5.74, 6) is -0.967. The number of nitrogens with two attached hydrogens (primary N) is 1. The van der Waals surface area contributed by atoms with Crippen LogP contribution in [0.2, 0.25) is 0 Å². The van der Waals surface area contributed by atoms with Crippen LogP contribution in [0.5, 0.6) is 11.5 Å². The number of pyridine rings is 1. The normalized spacial score (nSPS) is 10.1. The van der Waals surface area contributed by atoms with Gasteiger partial charge in [0.05, 0.1) is 27.0 Å². The van der Waals surface area contributed by atoms with Crippen LogP contribution in [0.25, 0.3) is 0 Å². The summed E-state index contributed by atoms with van der Waals surface area (Å²) in [5, 5.41) is 5.29. The first-order chi connectivity index (χ1) is 16.8. The first-order valence-electron chi connectivity index (χ1n) is 10.1. The van der Waals surface area contributed by atoms with Crippen LogP contribution < -0.4 is 25.8 Å². The molecular weight excluding hydrogens is 472 g/mol. The van der Waals surface area contributed by atoms with Crippen LogP contribution in [0.3, 0.4) is 0 Å². The summed E-state index contributed by atoms with van der Waals surface area (Å²) in [6.07, 6.45) is 0. The number of nitrogens with zero attached hydrogens (tertiary/aromatic N) is 1. The highest BCUT2D eigenvalue weighted by atomic mass is 32.1. The highest BCUT2D eigenvalue weighted by Crippen LogP contribution is 2.28. The lowest BCUT2D eigenvalue weighted by Gasteiger charge is -2.14. The Hall–Kier alpha value is -4.51. The number of carbonyl (C=O) groups excluding carboxylic acids is 3. The highest BCUT2D eigenvalue weighted by molar-refractivity contribution is 7.80. The van der Waals surface area contributed by atoms with Gasteiger partial charge in [0.25, 0.3) is 11.8 Å². The summed E-state index contributed by atoms with van der Waals surface area (Å²) in [4.78, 5) is 42.1. The molecule has 3 rings (SSSR count). The summed E-state index contributed by atoms with van der Waals surface area (Å²) in [5.41, 5.74) is 6.85. The summed E-state index contributed by atoms with van der Waals surface area (Å²) in [7, 11) is 4.15. The Morgan fingerprint density at radius 1 is 0.800 bits per heavy atom. The van der Waals surface area contributed by atoms with E-state index in [1.807, 2.05) is 0 Å². The second-order valence-electron chi connectivity index (χ2n) is 7.00. The molecule has 0 atom stereocenters. The van der Waals surface area contributed by atoms with Gasteiger partial charge in [-0.25, -0.2) is 9.78 Å². The third-order valence-corrected chi connectivity index (χ3v) is 5.08. The monoisotopic (exact) mass is 494 g/mol. The molecule has 0 saturated carbocycles. The highest BCUT2D eigenvalue weighted by Gasteiger charge is 2.18. The predicted molar refractivity (Wildman–Crippen MR) is 133 cm³/mol. The lowest BCUT2D eigenvalue weighted by molar-refractivity contribution is 0.0594. The van der Waals surface area contributed by atoms with E-state index < -0.39 is 17.8 Å². The van der Waals surface area contributed by atoms with Crippen molar-refractivity contribution in [3.05, 3.63) is 77.0 Å². The Morgan fingerprint density at radius 3 is 2.00 bits per heavy atom. The molecule has 10 nitrogen and oxygen atoms in total. The number of rotatable bonds is 8. The third-order valence-electron chi connectivity index (χ3n) is 4.85. The van der Waals surface area contributed by atoms with E-state index >= 15 is 0 Å². The van der Waals surface area contributed by atoms with Crippen molar-refractivity contribution in [1.29, 1.82) is 0 Å². The number of ether oxygens (including phenoxy) is 3. The maximum Gasteiger partial charge on any atom is 0.356 e. The molecule has 0 saturated heterocycles. The number of methoxy groups -OCH3 is 3. The molecule has 1 heterocycles. The van der Waals surface area contributed by atoms with Gasteiger partial charge >= 0.3 is 5.97 Å². The minimum absolute atomic E-state index is 0.0508. The molecule has 4 N–H and O–H groups in total. The van der Waals surface area contributed by atoms with Gasteiger partial charge in [0.15, 0.2) is 23.0 Å². The Labute approximate surface area is 206 Å². The number of thiocarbonyl (C=S) groups is 1. The molecule has 0 unspecified atom stereocenters. The Balaban J connectivity index is 1.91. The van der Waals surface area contributed by atoms with E-state index in [-0.39, 0.29) is 33.3 Å². The molecular formula is C24H22N4O6S. The van der Waals surface area contributed by atoms with Crippen LogP contribution in [0.1, 0.15) is 36.8 Å². The number of anilines is 2. The fourth-order valence-corrected chi connectivity index (χ4v) is 3.15. The fourth-order valence-electron chi connectivity index (χ4n) is 3.01. The zero-order chi connectivity index (χ0) is 25.5. The second-order valence-corrected chi connectivity index (χ2v) is 7.44. The van der Waals surface area contributed by atoms with E-state index in [9.17, 15) is 14.4 Å². The van der Waals surface area contributed by atoms with Gasteiger partial charge in [-0.05, 0) is 42.5 Å². The average Bonchev–Trinajstić information content (AvgIpc) is 2.88. The molecule has 0 aliphatic rings. The van der Waals surface area contributed by atoms with Crippen LogP contribution in [0, 0.1) is 0 Å². The first kappa shape index (κ1) is 25.1. The number of amides is 2. The van der Waals surface area contributed by atoms with Gasteiger partial charge in [0, 0.05) is 16.7 Å². The topological polar surface area (TPSA) is 142 Å². The van der Waals surface area contributed by atoms with E-state index in [2.05, 4.69) is 15.6 Å². The number of aromatic nitrogens is 1. The zero-order valence-electron chi connectivity index (χ0n) is 19.1. The molecule has 0 radical (unpaired) electrons. The molecule has 0 spiro atoms. The Kier molecular flexibility index (Phi) is 7.95. The quantitative estimate of drug-likeness (QED) is 0.318. The molecule has 0 bridgehead atoms. The second kappa shape index (κ2) is 11.1. The van der Waals surface area contributed by atoms with E-state index in [4.69, 9.17) is 32.2 Å². The van der Waals surface area contributed by atoms with Crippen molar-refractivity contribution in [2.24, 2.45) is 5.73 Å². The molecule has 180 valence electrons. The van der Waals surface area contributed by atoms with Crippen LogP contribution in [-0.2, 0) is 4.74 Å². The van der Waals surface area contributed by atoms with E-state index in [1.165, 1.54) is 51.7 Å². The van der Waals surface area contributed by atoms with Crippen molar-refractivity contribution in [3.8, 4) is 11.5 Å². The van der Waals surface area contributed by atoms with E-state index in [1.54, 1.807) is 24.3 Å². The first-order valence-corrected chi connectivity index (χ1v) is 10.5. The van der Waals surface area contributed by atoms with Gasteiger partial charge in [-0.3, -0.25) is 9.59 Å². The van der Waals surface area contributed by atoms with E-state index in [0.29, 0.717) is 17.1 Å². The van der Waals surface area contributed by atoms with Crippen LogP contribution in [0.4, 0.5) is 11.5 Å². The number of nitrogens with one attached hydrogen (secondary N) is 2. The number of hydrogen-bond donors (Lipinski definition) is 3. The van der Waals surface area contributed by atoms with Gasteiger partial charge in [0.2, 0.25) is 0 Å². The van der Waals surface area contributed by atoms with Crippen LogP contribution in [0.15, 0.2) is 54.6 Å². The van der Waals surface area contributed by atoms with Gasteiger partial charge in [-0.15, -0.1) is 0 Å². The van der Waals surface area contributed by atoms with Gasteiger partial charge in [-0.1, -0.05) is 24.4 Å². The number of esters is 1. The van der Waals surface area contributed by atoms with Gasteiger partial charge in [-0.2, -0.15) is 0 Å². The van der Waals surface area contributed by atoms with Crippen LogP contribution >= 0.6 is 12.2 Å². The maximum absolute atomic E-state index is 12.9. The molecule has 1 aromatic heterocycles. The zero-order valence-corrected chi connectivity index (χ0v) is 19.9.